The number of carbonyl (C=O) groups excluding carboxylic acids is 2. The molecular weight excluding hydrogens is 262 g/mol. The zero-order valence-electron chi connectivity index (χ0n) is 10.5. The van der Waals surface area contributed by atoms with Gasteiger partial charge in [0.15, 0.2) is 0 Å². The molecule has 2 bridgehead atoms. The van der Waals surface area contributed by atoms with Crippen molar-refractivity contribution in [2.24, 2.45) is 11.8 Å². The normalized spacial score (nSPS) is 37.7. The Kier molecular flexibility index (Phi) is 2.18. The molecule has 4 rings (SSSR count). The topological polar surface area (TPSA) is 82.8 Å². The Morgan fingerprint density at radius 1 is 1.55 bits per heavy atom. The molecule has 2 saturated heterocycles. The zero-order chi connectivity index (χ0) is 13.9. The highest BCUT2D eigenvalue weighted by atomic mass is 16.5. The van der Waals surface area contributed by atoms with Gasteiger partial charge < -0.3 is 24.0 Å². The van der Waals surface area contributed by atoms with Crippen LogP contribution in [0.5, 0.6) is 0 Å². The fourth-order valence-corrected chi connectivity index (χ4v) is 3.57. The SMILES string of the molecule is O=C([O-])[C@H]1[C@H]2C(=O)N(Cc3ccco3)C[C@]23C=C[C@H]1O3. The number of carboxylic acid groups (broad SMARTS) is 1. The predicted octanol–water partition coefficient (Wildman–Crippen LogP) is -0.688. The Hall–Kier alpha value is -2.08. The van der Waals surface area contributed by atoms with Crippen LogP contribution in [-0.4, -0.2) is 35.0 Å². The summed E-state index contributed by atoms with van der Waals surface area (Å²) in [7, 11) is 0. The highest BCUT2D eigenvalue weighted by Gasteiger charge is 2.65. The van der Waals surface area contributed by atoms with Crippen LogP contribution in [0.2, 0.25) is 0 Å². The van der Waals surface area contributed by atoms with Crippen LogP contribution >= 0.6 is 0 Å². The van der Waals surface area contributed by atoms with Gasteiger partial charge in [-0.25, -0.2) is 0 Å². The second-order valence-corrected chi connectivity index (χ2v) is 5.49. The van der Waals surface area contributed by atoms with Crippen LogP contribution in [0.1, 0.15) is 5.76 Å². The highest BCUT2D eigenvalue weighted by molar-refractivity contribution is 5.90. The minimum Gasteiger partial charge on any atom is -0.550 e. The molecule has 1 aromatic rings. The molecule has 0 N–H and O–H groups in total. The van der Waals surface area contributed by atoms with Crippen LogP contribution in [-0.2, 0) is 20.9 Å². The van der Waals surface area contributed by atoms with E-state index >= 15 is 0 Å². The van der Waals surface area contributed by atoms with Gasteiger partial charge in [-0.2, -0.15) is 0 Å². The lowest BCUT2D eigenvalue weighted by atomic mass is 9.77. The lowest BCUT2D eigenvalue weighted by Gasteiger charge is -2.24. The Labute approximate surface area is 114 Å². The summed E-state index contributed by atoms with van der Waals surface area (Å²) in [5.74, 6) is -2.34. The Bertz CT molecular complexity index is 607. The number of hydrogen-bond acceptors (Lipinski definition) is 5. The van der Waals surface area contributed by atoms with Crippen LogP contribution < -0.4 is 5.11 Å². The van der Waals surface area contributed by atoms with Gasteiger partial charge in [-0.15, -0.1) is 0 Å². The van der Waals surface area contributed by atoms with Gasteiger partial charge in [0.05, 0.1) is 31.4 Å². The minimum atomic E-state index is -1.22. The number of likely N-dealkylation sites (tertiary alicyclic amines) is 1. The molecule has 3 aliphatic rings. The van der Waals surface area contributed by atoms with Gasteiger partial charge in [-0.05, 0) is 12.1 Å². The summed E-state index contributed by atoms with van der Waals surface area (Å²) in [5, 5.41) is 11.3. The molecule has 20 heavy (non-hydrogen) atoms. The van der Waals surface area contributed by atoms with Gasteiger partial charge in [0.25, 0.3) is 0 Å². The molecule has 104 valence electrons. The van der Waals surface area contributed by atoms with E-state index in [-0.39, 0.29) is 5.91 Å². The summed E-state index contributed by atoms with van der Waals surface area (Å²) in [6.45, 7) is 0.680. The van der Waals surface area contributed by atoms with Gasteiger partial charge in [0.1, 0.15) is 11.4 Å². The average molecular weight is 274 g/mol. The number of ether oxygens (including phenoxy) is 1. The maximum Gasteiger partial charge on any atom is 0.230 e. The first kappa shape index (κ1) is 11.7. The van der Waals surface area contributed by atoms with E-state index in [9.17, 15) is 14.7 Å². The fourth-order valence-electron chi connectivity index (χ4n) is 3.57. The number of nitrogens with zero attached hydrogens (tertiary/aromatic N) is 1. The van der Waals surface area contributed by atoms with Crippen LogP contribution in [0.3, 0.4) is 0 Å². The molecule has 4 heterocycles. The molecule has 2 fully saturated rings. The van der Waals surface area contributed by atoms with Crippen LogP contribution in [0.25, 0.3) is 0 Å². The maximum atomic E-state index is 12.5. The van der Waals surface area contributed by atoms with E-state index in [1.165, 1.54) is 0 Å². The van der Waals surface area contributed by atoms with Crippen LogP contribution in [0, 0.1) is 11.8 Å². The standard InChI is InChI=1S/C14H13NO5/c16-12-11-10(13(17)18)9-3-4-14(11,20-9)7-15(12)6-8-2-1-5-19-8/h1-5,9-11H,6-7H2,(H,17,18)/p-1/t9-,10-,11+,14-/m1/s1. The predicted molar refractivity (Wildman–Crippen MR) is 62.9 cm³/mol. The smallest absolute Gasteiger partial charge is 0.230 e. The van der Waals surface area contributed by atoms with E-state index < -0.39 is 29.5 Å². The molecule has 1 aromatic heterocycles. The Morgan fingerprint density at radius 2 is 2.40 bits per heavy atom. The third-order valence-corrected chi connectivity index (χ3v) is 4.38. The molecule has 1 amide bonds. The number of carboxylic acids is 1. The molecule has 6 heteroatoms. The second-order valence-electron chi connectivity index (χ2n) is 5.49. The van der Waals surface area contributed by atoms with Gasteiger partial charge in [-0.1, -0.05) is 12.2 Å². The summed E-state index contributed by atoms with van der Waals surface area (Å²) >= 11 is 0. The molecule has 6 nitrogen and oxygen atoms in total. The molecule has 0 aromatic carbocycles. The highest BCUT2D eigenvalue weighted by Crippen LogP contribution is 2.51. The summed E-state index contributed by atoms with van der Waals surface area (Å²) < 4.78 is 11.0. The number of furan rings is 1. The van der Waals surface area contributed by atoms with E-state index in [4.69, 9.17) is 9.15 Å². The lowest BCUT2D eigenvalue weighted by Crippen LogP contribution is -2.45. The van der Waals surface area contributed by atoms with Gasteiger partial charge in [0.2, 0.25) is 5.91 Å². The van der Waals surface area contributed by atoms with Crippen molar-refractivity contribution >= 4 is 11.9 Å². The van der Waals surface area contributed by atoms with Crippen molar-refractivity contribution in [3.05, 3.63) is 36.3 Å². The summed E-state index contributed by atoms with van der Waals surface area (Å²) in [6, 6.07) is 3.53. The molecule has 0 aliphatic carbocycles. The van der Waals surface area contributed by atoms with Crippen molar-refractivity contribution in [2.45, 2.75) is 18.2 Å². The van der Waals surface area contributed by atoms with E-state index in [0.717, 1.165) is 0 Å². The number of fused-ring (bicyclic) bond motifs is 1. The van der Waals surface area contributed by atoms with E-state index in [0.29, 0.717) is 18.8 Å². The second kappa shape index (κ2) is 3.73. The summed E-state index contributed by atoms with van der Waals surface area (Å²) in [4.78, 5) is 25.4. The largest absolute Gasteiger partial charge is 0.550 e. The third-order valence-electron chi connectivity index (χ3n) is 4.38. The first-order valence-electron chi connectivity index (χ1n) is 6.50. The molecular formula is C14H12NO5-. The monoisotopic (exact) mass is 274 g/mol. The maximum absolute atomic E-state index is 12.5. The van der Waals surface area contributed by atoms with Gasteiger partial charge in [0, 0.05) is 11.9 Å². The van der Waals surface area contributed by atoms with Gasteiger partial charge >= 0.3 is 0 Å². The van der Waals surface area contributed by atoms with Crippen molar-refractivity contribution in [3.8, 4) is 0 Å². The quantitative estimate of drug-likeness (QED) is 0.681. The number of amides is 1. The van der Waals surface area contributed by atoms with E-state index in [2.05, 4.69) is 0 Å². The van der Waals surface area contributed by atoms with Crippen molar-refractivity contribution < 1.29 is 23.8 Å². The van der Waals surface area contributed by atoms with E-state index in [1.807, 2.05) is 6.08 Å². The first-order chi connectivity index (χ1) is 9.61. The summed E-state index contributed by atoms with van der Waals surface area (Å²) in [6.07, 6.45) is 4.54. The van der Waals surface area contributed by atoms with Crippen LogP contribution in [0.4, 0.5) is 0 Å². The van der Waals surface area contributed by atoms with E-state index in [1.54, 1.807) is 29.4 Å². The molecule has 0 radical (unpaired) electrons. The Balaban J connectivity index is 1.65. The fraction of sp³-hybridized carbons (Fsp3) is 0.429. The number of rotatable bonds is 3. The van der Waals surface area contributed by atoms with Crippen molar-refractivity contribution in [3.63, 3.8) is 0 Å². The molecule has 4 atom stereocenters. The van der Waals surface area contributed by atoms with Crippen LogP contribution in [0.15, 0.2) is 35.0 Å². The molecule has 0 saturated carbocycles. The lowest BCUT2D eigenvalue weighted by molar-refractivity contribution is -0.313. The molecule has 0 unspecified atom stereocenters. The zero-order valence-corrected chi connectivity index (χ0v) is 10.5. The van der Waals surface area contributed by atoms with Gasteiger partial charge in [-0.3, -0.25) is 4.79 Å². The number of carbonyl (C=O) groups is 2. The Morgan fingerprint density at radius 3 is 3.10 bits per heavy atom. The summed E-state index contributed by atoms with van der Waals surface area (Å²) in [5.41, 5.74) is -0.806. The first-order valence-corrected chi connectivity index (χ1v) is 6.50. The molecule has 3 aliphatic heterocycles. The number of aliphatic carboxylic acids is 1. The average Bonchev–Trinajstić information content (AvgIpc) is 3.12. The molecule has 1 spiro atoms. The van der Waals surface area contributed by atoms with Crippen molar-refractivity contribution in [1.29, 1.82) is 0 Å². The van der Waals surface area contributed by atoms with Crippen molar-refractivity contribution in [1.82, 2.24) is 4.90 Å². The van der Waals surface area contributed by atoms with Crippen molar-refractivity contribution in [2.75, 3.05) is 6.54 Å². The number of hydrogen-bond donors (Lipinski definition) is 0. The third kappa shape index (κ3) is 1.37. The minimum absolute atomic E-state index is 0.206.